The zero-order valence-electron chi connectivity index (χ0n) is 52.8. The molecule has 0 radical (unpaired) electrons. The van der Waals surface area contributed by atoms with Crippen molar-refractivity contribution in [1.82, 2.24) is 4.57 Å². The van der Waals surface area contributed by atoms with Gasteiger partial charge in [0, 0.05) is 64.4 Å². The summed E-state index contributed by atoms with van der Waals surface area (Å²) in [5, 5.41) is 7.74. The fourth-order valence-electron chi connectivity index (χ4n) is 16.0. The lowest BCUT2D eigenvalue weighted by Crippen LogP contribution is -2.75. The molecule has 0 fully saturated rings. The van der Waals surface area contributed by atoms with E-state index in [1.54, 1.807) is 0 Å². The summed E-state index contributed by atoms with van der Waals surface area (Å²) in [5.74, 6) is 0. The topological polar surface area (TPSA) is 11.4 Å². The van der Waals surface area contributed by atoms with Gasteiger partial charge < -0.3 is 14.4 Å². The van der Waals surface area contributed by atoms with Gasteiger partial charge in [0.1, 0.15) is 0 Å². The van der Waals surface area contributed by atoms with Crippen LogP contribution >= 0.6 is 10.0 Å². The molecule has 6 heteroatoms. The number of nitrogens with zero attached hydrogens (tertiary/aromatic N) is 3. The molecule has 16 aromatic rings. The number of hydrogen-bond acceptors (Lipinski definition) is 2. The average molecular weight is 1260 g/mol. The standard InChI is InChI=1S/C90H64BN3SSi/c1-9-31-65(32-10-1)66-53-55-68(56-54-66)92-87-64-77(96(74-41-19-6-20-42-74,75-43-21-7-22-44-75)76-45-23-8-24-46-76)58-60-82(87)91-81-59-57-73(95(70-35-13-3-14-36-70,71-37-15-4-16-38-71)72-39-17-5-18-40-72)63-86(81)94(83-50-28-25-47-78(83)67-33-11-2-12-34-67)89-62-69(61-88(92)90(89)91)93-84-51-29-26-48-79(84)80-49-27-30-52-85(80)93/h1-64H. The van der Waals surface area contributed by atoms with Gasteiger partial charge in [0.25, 0.3) is 6.71 Å². The van der Waals surface area contributed by atoms with Crippen LogP contribution in [-0.4, -0.2) is 19.4 Å². The van der Waals surface area contributed by atoms with E-state index in [1.807, 2.05) is 0 Å². The zero-order valence-corrected chi connectivity index (χ0v) is 54.6. The van der Waals surface area contributed by atoms with E-state index >= 15 is 0 Å². The number of aromatic nitrogens is 1. The highest BCUT2D eigenvalue weighted by molar-refractivity contribution is 8.34. The lowest BCUT2D eigenvalue weighted by molar-refractivity contribution is 1.16. The summed E-state index contributed by atoms with van der Waals surface area (Å²) < 4.78 is 2.53. The van der Waals surface area contributed by atoms with Gasteiger partial charge in [0.15, 0.2) is 8.07 Å². The molecule has 0 amide bonds. The van der Waals surface area contributed by atoms with Gasteiger partial charge in [-0.15, -0.1) is 10.0 Å². The monoisotopic (exact) mass is 1260 g/mol. The van der Waals surface area contributed by atoms with E-state index in [2.05, 4.69) is 403 Å². The lowest BCUT2D eigenvalue weighted by atomic mass is 9.33. The van der Waals surface area contributed by atoms with Crippen LogP contribution in [0.25, 0.3) is 49.7 Å². The maximum absolute atomic E-state index is 3.11. The molecule has 1 aromatic heterocycles. The van der Waals surface area contributed by atoms with Crippen LogP contribution in [0.4, 0.5) is 34.1 Å². The van der Waals surface area contributed by atoms with Crippen molar-refractivity contribution in [2.45, 2.75) is 19.6 Å². The van der Waals surface area contributed by atoms with Crippen molar-refractivity contribution >= 4 is 118 Å². The summed E-state index contributed by atoms with van der Waals surface area (Å²) in [6.45, 7) is -0.217. The molecule has 0 bridgehead atoms. The van der Waals surface area contributed by atoms with Crippen LogP contribution in [0.3, 0.4) is 0 Å². The molecule has 0 saturated heterocycles. The Morgan fingerprint density at radius 2 is 0.656 bits per heavy atom. The first-order chi connectivity index (χ1) is 47.7. The van der Waals surface area contributed by atoms with Gasteiger partial charge in [0.2, 0.25) is 0 Å². The van der Waals surface area contributed by atoms with Crippen LogP contribution in [-0.2, 0) is 0 Å². The van der Waals surface area contributed by atoms with Gasteiger partial charge >= 0.3 is 0 Å². The minimum Gasteiger partial charge on any atom is -0.311 e. The van der Waals surface area contributed by atoms with E-state index in [0.717, 1.165) is 62.0 Å². The Morgan fingerprint density at radius 3 is 1.18 bits per heavy atom. The quantitative estimate of drug-likeness (QED) is 0.0842. The summed E-state index contributed by atoms with van der Waals surface area (Å²) in [5.41, 5.74) is 18.5. The zero-order chi connectivity index (χ0) is 63.6. The molecule has 452 valence electrons. The summed E-state index contributed by atoms with van der Waals surface area (Å²) in [6, 6.07) is 147. The van der Waals surface area contributed by atoms with E-state index in [4.69, 9.17) is 0 Å². The SMILES string of the molecule is c1ccc(-c2ccc(N3c4cc([Si](c5ccccc5)(c5ccccc5)c5ccccc5)ccc4B4c5ccc(S(c6ccccc6)(c6ccccc6)c6ccccc6)cc5N(c5ccccc5-c5ccccc5)c5cc(-n6c7ccccc7c7ccccc76)cc3c54)cc2)cc1. The smallest absolute Gasteiger partial charge is 0.252 e. The van der Waals surface area contributed by atoms with E-state index in [0.29, 0.717) is 0 Å². The molecule has 2 aliphatic rings. The van der Waals surface area contributed by atoms with E-state index < -0.39 is 18.1 Å². The Kier molecular flexibility index (Phi) is 14.1. The van der Waals surface area contributed by atoms with Crippen LogP contribution in [0.1, 0.15) is 0 Å². The largest absolute Gasteiger partial charge is 0.311 e. The maximum atomic E-state index is 2.66. The molecule has 0 spiro atoms. The Labute approximate surface area is 564 Å². The van der Waals surface area contributed by atoms with Gasteiger partial charge in [0.05, 0.1) is 22.4 Å². The Balaban J connectivity index is 1.01. The Morgan fingerprint density at radius 1 is 0.250 bits per heavy atom. The number of fused-ring (bicyclic) bond motifs is 7. The summed E-state index contributed by atoms with van der Waals surface area (Å²) >= 11 is 0. The summed E-state index contributed by atoms with van der Waals surface area (Å²) in [4.78, 5) is 10.4. The predicted octanol–water partition coefficient (Wildman–Crippen LogP) is 18.9. The lowest BCUT2D eigenvalue weighted by Gasteiger charge is -2.47. The van der Waals surface area contributed by atoms with Gasteiger partial charge in [-0.3, -0.25) is 0 Å². The first kappa shape index (κ1) is 57.0. The molecular formula is C90H64BN3SSi. The van der Waals surface area contributed by atoms with Crippen LogP contribution in [0, 0.1) is 0 Å². The fourth-order valence-corrected chi connectivity index (χ4v) is 24.6. The number of rotatable bonds is 13. The highest BCUT2D eigenvalue weighted by atomic mass is 32.3. The average Bonchev–Trinajstić information content (AvgIpc) is 0.743. The molecule has 0 atom stereocenters. The Bertz CT molecular complexity index is 5280. The fraction of sp³-hybridized carbons (Fsp3) is 0. The third-order valence-electron chi connectivity index (χ3n) is 20.0. The first-order valence-electron chi connectivity index (χ1n) is 33.2. The highest BCUT2D eigenvalue weighted by Gasteiger charge is 2.48. The van der Waals surface area contributed by atoms with Crippen molar-refractivity contribution < 1.29 is 0 Å². The van der Waals surface area contributed by atoms with Crippen LogP contribution < -0.4 is 46.9 Å². The molecule has 18 rings (SSSR count). The first-order valence-corrected chi connectivity index (χ1v) is 36.8. The minimum atomic E-state index is -3.11. The van der Waals surface area contributed by atoms with Crippen molar-refractivity contribution in [3.63, 3.8) is 0 Å². The van der Waals surface area contributed by atoms with Crippen LogP contribution in [0.2, 0.25) is 0 Å². The normalized spacial score (nSPS) is 12.7. The molecule has 15 aromatic carbocycles. The third-order valence-corrected chi connectivity index (χ3v) is 28.7. The van der Waals surface area contributed by atoms with E-state index in [9.17, 15) is 0 Å². The van der Waals surface area contributed by atoms with Crippen molar-refractivity contribution in [3.05, 3.63) is 388 Å². The second-order valence-corrected chi connectivity index (χ2v) is 32.0. The van der Waals surface area contributed by atoms with Crippen LogP contribution in [0.5, 0.6) is 0 Å². The molecule has 0 N–H and O–H groups in total. The number of para-hydroxylation sites is 3. The van der Waals surface area contributed by atoms with Gasteiger partial charge in [-0.05, 0) is 151 Å². The molecule has 0 saturated carbocycles. The second kappa shape index (κ2) is 23.7. The van der Waals surface area contributed by atoms with E-state index in [-0.39, 0.29) is 6.71 Å². The van der Waals surface area contributed by atoms with Gasteiger partial charge in [-0.25, -0.2) is 0 Å². The molecule has 96 heavy (non-hydrogen) atoms. The van der Waals surface area contributed by atoms with Crippen molar-refractivity contribution in [3.8, 4) is 27.9 Å². The van der Waals surface area contributed by atoms with Crippen LogP contribution in [0.15, 0.2) is 408 Å². The highest BCUT2D eigenvalue weighted by Crippen LogP contribution is 2.74. The minimum absolute atomic E-state index is 0.217. The van der Waals surface area contributed by atoms with Gasteiger partial charge in [-0.2, -0.15) is 0 Å². The second-order valence-electron chi connectivity index (χ2n) is 25.1. The van der Waals surface area contributed by atoms with Crippen molar-refractivity contribution in [2.75, 3.05) is 9.80 Å². The molecule has 0 unspecified atom stereocenters. The summed E-state index contributed by atoms with van der Waals surface area (Å²) in [7, 11) is -5.27. The molecule has 2 aliphatic heterocycles. The molecule has 3 heterocycles. The van der Waals surface area contributed by atoms with Crippen molar-refractivity contribution in [1.29, 1.82) is 0 Å². The number of anilines is 6. The maximum Gasteiger partial charge on any atom is 0.252 e. The Hall–Kier alpha value is -11.7. The molecular weight excluding hydrogens is 1190 g/mol. The van der Waals surface area contributed by atoms with E-state index in [1.165, 1.54) is 78.6 Å². The van der Waals surface area contributed by atoms with Gasteiger partial charge in [-0.1, -0.05) is 291 Å². The molecule has 3 nitrogen and oxygen atoms in total. The molecule has 0 aliphatic carbocycles. The van der Waals surface area contributed by atoms with Crippen molar-refractivity contribution in [2.24, 2.45) is 0 Å². The number of benzene rings is 15. The predicted molar refractivity (Wildman–Crippen MR) is 409 cm³/mol. The third kappa shape index (κ3) is 9.05. The number of hydrogen-bond donors (Lipinski definition) is 0. The summed E-state index contributed by atoms with van der Waals surface area (Å²) in [6.07, 6.45) is 0.